The molecule has 5 nitrogen and oxygen atoms in total. The molecule has 1 atom stereocenters. The van der Waals surface area contributed by atoms with Gasteiger partial charge in [-0.15, -0.1) is 0 Å². The Labute approximate surface area is 124 Å². The van der Waals surface area contributed by atoms with Crippen LogP contribution in [0.1, 0.15) is 0 Å². The summed E-state index contributed by atoms with van der Waals surface area (Å²) < 4.78 is 28.4. The molecule has 0 saturated carbocycles. The smallest absolute Gasteiger partial charge is 0.338 e. The van der Waals surface area contributed by atoms with Crippen molar-refractivity contribution in [3.05, 3.63) is 48.5 Å². The van der Waals surface area contributed by atoms with E-state index in [2.05, 4.69) is 5.09 Å². The van der Waals surface area contributed by atoms with Gasteiger partial charge in [0, 0.05) is 12.4 Å². The van der Waals surface area contributed by atoms with Crippen molar-refractivity contribution < 1.29 is 18.6 Å². The van der Waals surface area contributed by atoms with Gasteiger partial charge in [-0.1, -0.05) is 12.1 Å². The van der Waals surface area contributed by atoms with Crippen molar-refractivity contribution in [2.24, 2.45) is 0 Å². The monoisotopic (exact) mass is 307 g/mol. The molecular formula is C15H18NO4P. The average Bonchev–Trinajstić information content (AvgIpc) is 2.47. The van der Waals surface area contributed by atoms with Gasteiger partial charge in [0.2, 0.25) is 0 Å². The average molecular weight is 307 g/mol. The number of rotatable bonds is 6. The Morgan fingerprint density at radius 1 is 0.905 bits per heavy atom. The molecule has 0 amide bonds. The maximum atomic E-state index is 12.6. The zero-order valence-corrected chi connectivity index (χ0v) is 13.1. The van der Waals surface area contributed by atoms with Crippen LogP contribution in [-0.4, -0.2) is 20.9 Å². The molecule has 0 aliphatic rings. The summed E-state index contributed by atoms with van der Waals surface area (Å²) in [5.41, 5.74) is 0.691. The normalized spacial score (nSPS) is 13.1. The van der Waals surface area contributed by atoms with Crippen LogP contribution in [0.5, 0.6) is 17.2 Å². The topological polar surface area (TPSA) is 56.8 Å². The molecule has 0 bridgehead atoms. The second-order valence-electron chi connectivity index (χ2n) is 4.43. The maximum absolute atomic E-state index is 12.6. The number of hydrogen-bond acceptors (Lipinski definition) is 4. The second kappa shape index (κ2) is 6.55. The van der Waals surface area contributed by atoms with Crippen LogP contribution in [0.2, 0.25) is 0 Å². The number of nitrogens with one attached hydrogen (secondary N) is 1. The summed E-state index contributed by atoms with van der Waals surface area (Å²) in [7, 11) is 0.0657. The van der Waals surface area contributed by atoms with Crippen LogP contribution >= 0.6 is 7.52 Å². The summed E-state index contributed by atoms with van der Waals surface area (Å²) in [5, 5.41) is 2.89. The largest absolute Gasteiger partial charge is 0.497 e. The summed E-state index contributed by atoms with van der Waals surface area (Å²) in [6, 6.07) is 14.2. The molecule has 2 rings (SSSR count). The molecule has 2 aromatic carbocycles. The first kappa shape index (κ1) is 15.3. The number of benzene rings is 2. The van der Waals surface area contributed by atoms with E-state index in [-0.39, 0.29) is 0 Å². The second-order valence-corrected chi connectivity index (χ2v) is 6.53. The number of ether oxygens (including phenoxy) is 2. The van der Waals surface area contributed by atoms with Crippen molar-refractivity contribution in [1.82, 2.24) is 0 Å². The van der Waals surface area contributed by atoms with E-state index in [4.69, 9.17) is 14.0 Å². The van der Waals surface area contributed by atoms with Crippen molar-refractivity contribution in [2.45, 2.75) is 0 Å². The molecule has 0 aliphatic heterocycles. The number of hydrogen-bond donors (Lipinski definition) is 1. The van der Waals surface area contributed by atoms with E-state index in [9.17, 15) is 4.57 Å². The Hall–Kier alpha value is -2.13. The zero-order valence-electron chi connectivity index (χ0n) is 12.2. The van der Waals surface area contributed by atoms with E-state index < -0.39 is 7.52 Å². The van der Waals surface area contributed by atoms with Gasteiger partial charge >= 0.3 is 7.52 Å². The van der Waals surface area contributed by atoms with Gasteiger partial charge in [-0.3, -0.25) is 4.57 Å². The Morgan fingerprint density at radius 2 is 1.52 bits per heavy atom. The van der Waals surface area contributed by atoms with Gasteiger partial charge in [-0.25, -0.2) is 0 Å². The fraction of sp³-hybridized carbons (Fsp3) is 0.200. The highest BCUT2D eigenvalue weighted by atomic mass is 31.2. The first-order valence-corrected chi connectivity index (χ1v) is 8.44. The third-order valence-corrected chi connectivity index (χ3v) is 3.97. The highest BCUT2D eigenvalue weighted by molar-refractivity contribution is 7.60. The molecule has 0 unspecified atom stereocenters. The lowest BCUT2D eigenvalue weighted by Gasteiger charge is -2.19. The number of para-hydroxylation sites is 2. The molecule has 2 aromatic rings. The van der Waals surface area contributed by atoms with E-state index in [1.807, 2.05) is 6.07 Å². The maximum Gasteiger partial charge on any atom is 0.338 e. The molecule has 0 aromatic heterocycles. The van der Waals surface area contributed by atoms with Crippen LogP contribution in [-0.2, 0) is 4.57 Å². The van der Waals surface area contributed by atoms with Crippen molar-refractivity contribution in [1.29, 1.82) is 0 Å². The Bertz CT molecular complexity index is 642. The van der Waals surface area contributed by atoms with Crippen LogP contribution in [0.25, 0.3) is 0 Å². The van der Waals surface area contributed by atoms with Gasteiger partial charge < -0.3 is 19.1 Å². The standard InChI is InChI=1S/C15H18NO4P/c1-18-13-10-8-12(9-11-13)16-21(3,17)20-15-7-5-4-6-14(15)19-2/h4-11H,1-3H3,(H,16,17)/t21-/m1/s1. The minimum atomic E-state index is -3.07. The molecule has 6 heteroatoms. The lowest BCUT2D eigenvalue weighted by molar-refractivity contribution is 0.391. The van der Waals surface area contributed by atoms with Crippen molar-refractivity contribution in [3.63, 3.8) is 0 Å². The van der Waals surface area contributed by atoms with E-state index in [0.29, 0.717) is 17.2 Å². The summed E-state index contributed by atoms with van der Waals surface area (Å²) in [5.74, 6) is 1.71. The quantitative estimate of drug-likeness (QED) is 0.817. The molecule has 0 spiro atoms. The van der Waals surface area contributed by atoms with Crippen LogP contribution in [0.4, 0.5) is 5.69 Å². The summed E-state index contributed by atoms with van der Waals surface area (Å²) in [6.07, 6.45) is 0. The first-order valence-electron chi connectivity index (χ1n) is 6.36. The summed E-state index contributed by atoms with van der Waals surface area (Å²) >= 11 is 0. The SMILES string of the molecule is COc1ccc(N[P@](C)(=O)Oc2ccccc2OC)cc1. The number of methoxy groups -OCH3 is 2. The highest BCUT2D eigenvalue weighted by Gasteiger charge is 2.19. The first-order chi connectivity index (χ1) is 10.0. The fourth-order valence-corrected chi connectivity index (χ4v) is 2.99. The minimum Gasteiger partial charge on any atom is -0.497 e. The van der Waals surface area contributed by atoms with Crippen LogP contribution < -0.4 is 19.1 Å². The lowest BCUT2D eigenvalue weighted by Crippen LogP contribution is -2.03. The predicted molar refractivity (Wildman–Crippen MR) is 83.8 cm³/mol. The van der Waals surface area contributed by atoms with Gasteiger partial charge in [0.25, 0.3) is 0 Å². The van der Waals surface area contributed by atoms with E-state index >= 15 is 0 Å². The van der Waals surface area contributed by atoms with Gasteiger partial charge in [-0.2, -0.15) is 0 Å². The molecule has 0 aliphatic carbocycles. The van der Waals surface area contributed by atoms with Gasteiger partial charge in [-0.05, 0) is 36.4 Å². The van der Waals surface area contributed by atoms with Crippen LogP contribution in [0.3, 0.4) is 0 Å². The third-order valence-electron chi connectivity index (χ3n) is 2.76. The molecule has 0 fully saturated rings. The lowest BCUT2D eigenvalue weighted by atomic mass is 10.3. The van der Waals surface area contributed by atoms with Gasteiger partial charge in [0.05, 0.1) is 14.2 Å². The van der Waals surface area contributed by atoms with Crippen molar-refractivity contribution in [3.8, 4) is 17.2 Å². The van der Waals surface area contributed by atoms with Crippen molar-refractivity contribution >= 4 is 13.2 Å². The highest BCUT2D eigenvalue weighted by Crippen LogP contribution is 2.46. The predicted octanol–water partition coefficient (Wildman–Crippen LogP) is 4.02. The Morgan fingerprint density at radius 3 is 2.10 bits per heavy atom. The molecular weight excluding hydrogens is 289 g/mol. The Balaban J connectivity index is 2.12. The van der Waals surface area contributed by atoms with Crippen LogP contribution in [0.15, 0.2) is 48.5 Å². The molecule has 21 heavy (non-hydrogen) atoms. The summed E-state index contributed by atoms with van der Waals surface area (Å²) in [6.45, 7) is 1.52. The van der Waals surface area contributed by atoms with Crippen molar-refractivity contribution in [2.75, 3.05) is 26.0 Å². The summed E-state index contributed by atoms with van der Waals surface area (Å²) in [4.78, 5) is 0. The van der Waals surface area contributed by atoms with Gasteiger partial charge in [0.15, 0.2) is 11.5 Å². The van der Waals surface area contributed by atoms with E-state index in [1.54, 1.807) is 56.7 Å². The third kappa shape index (κ3) is 4.17. The molecule has 0 saturated heterocycles. The molecule has 112 valence electrons. The zero-order chi connectivity index (χ0) is 15.3. The van der Waals surface area contributed by atoms with E-state index in [0.717, 1.165) is 5.75 Å². The fourth-order valence-electron chi connectivity index (χ4n) is 1.80. The van der Waals surface area contributed by atoms with E-state index in [1.165, 1.54) is 6.66 Å². The molecule has 0 heterocycles. The van der Waals surface area contributed by atoms with Crippen LogP contribution in [0, 0.1) is 0 Å². The minimum absolute atomic E-state index is 0.437. The Kier molecular flexibility index (Phi) is 4.76. The molecule has 0 radical (unpaired) electrons. The molecule has 1 N–H and O–H groups in total. The number of anilines is 1. The van der Waals surface area contributed by atoms with Gasteiger partial charge in [0.1, 0.15) is 5.75 Å².